The van der Waals surface area contributed by atoms with Crippen molar-refractivity contribution in [2.24, 2.45) is 0 Å². The molecule has 0 aliphatic carbocycles. The van der Waals surface area contributed by atoms with E-state index in [4.69, 9.17) is 21.4 Å². The van der Waals surface area contributed by atoms with Gasteiger partial charge in [-0.3, -0.25) is 0 Å². The Morgan fingerprint density at radius 1 is 1.50 bits per heavy atom. The van der Waals surface area contributed by atoms with Crippen LogP contribution in [0.1, 0.15) is 10.4 Å². The van der Waals surface area contributed by atoms with Gasteiger partial charge in [0.1, 0.15) is 5.02 Å². The number of halogens is 2. The van der Waals surface area contributed by atoms with Gasteiger partial charge in [0.15, 0.2) is 5.82 Å². The van der Waals surface area contributed by atoms with Crippen LogP contribution in [-0.2, 0) is 0 Å². The first-order chi connectivity index (χ1) is 9.51. The van der Waals surface area contributed by atoms with E-state index >= 15 is 0 Å². The Balaban J connectivity index is 2.32. The molecule has 1 aromatic heterocycles. The van der Waals surface area contributed by atoms with Crippen molar-refractivity contribution in [3.8, 4) is 6.01 Å². The SMILES string of the molecule is COc1ncc(Cl)c(Nc2ccc(C(=O)O)cc2Br)n1. The summed E-state index contributed by atoms with van der Waals surface area (Å²) >= 11 is 9.27. The molecule has 104 valence electrons. The Labute approximate surface area is 127 Å². The van der Waals surface area contributed by atoms with E-state index in [0.717, 1.165) is 0 Å². The predicted octanol–water partition coefficient (Wildman–Crippen LogP) is 3.34. The van der Waals surface area contributed by atoms with Gasteiger partial charge in [-0.2, -0.15) is 4.98 Å². The topological polar surface area (TPSA) is 84.3 Å². The highest BCUT2D eigenvalue weighted by atomic mass is 79.9. The molecule has 2 aromatic rings. The number of aromatic nitrogens is 2. The molecule has 0 bridgehead atoms. The van der Waals surface area contributed by atoms with Gasteiger partial charge >= 0.3 is 12.0 Å². The molecule has 1 heterocycles. The normalized spacial score (nSPS) is 10.2. The first-order valence-electron chi connectivity index (χ1n) is 5.37. The summed E-state index contributed by atoms with van der Waals surface area (Å²) in [6.07, 6.45) is 1.41. The molecule has 0 aliphatic heterocycles. The number of anilines is 2. The molecule has 20 heavy (non-hydrogen) atoms. The fourth-order valence-electron chi connectivity index (χ4n) is 1.41. The molecule has 6 nitrogen and oxygen atoms in total. The van der Waals surface area contributed by atoms with E-state index in [1.54, 1.807) is 6.07 Å². The highest BCUT2D eigenvalue weighted by Gasteiger charge is 2.10. The van der Waals surface area contributed by atoms with Crippen LogP contribution in [0.4, 0.5) is 11.5 Å². The first kappa shape index (κ1) is 14.5. The zero-order valence-corrected chi connectivity index (χ0v) is 12.6. The van der Waals surface area contributed by atoms with Gasteiger partial charge in [0.25, 0.3) is 0 Å². The van der Waals surface area contributed by atoms with Crippen molar-refractivity contribution in [1.29, 1.82) is 0 Å². The van der Waals surface area contributed by atoms with Gasteiger partial charge < -0.3 is 15.2 Å². The fourth-order valence-corrected chi connectivity index (χ4v) is 2.03. The number of benzene rings is 1. The van der Waals surface area contributed by atoms with Gasteiger partial charge in [0.2, 0.25) is 0 Å². The second kappa shape index (κ2) is 6.06. The molecule has 0 atom stereocenters. The summed E-state index contributed by atoms with van der Waals surface area (Å²) in [4.78, 5) is 18.8. The molecule has 0 fully saturated rings. The van der Waals surface area contributed by atoms with Gasteiger partial charge in [0, 0.05) is 4.47 Å². The highest BCUT2D eigenvalue weighted by molar-refractivity contribution is 9.10. The summed E-state index contributed by atoms with van der Waals surface area (Å²) in [6.45, 7) is 0. The zero-order chi connectivity index (χ0) is 14.7. The van der Waals surface area contributed by atoms with Crippen molar-refractivity contribution < 1.29 is 14.6 Å². The van der Waals surface area contributed by atoms with Crippen LogP contribution in [0.25, 0.3) is 0 Å². The van der Waals surface area contributed by atoms with Crippen LogP contribution in [0.3, 0.4) is 0 Å². The summed E-state index contributed by atoms with van der Waals surface area (Å²) in [7, 11) is 1.45. The Morgan fingerprint density at radius 2 is 2.25 bits per heavy atom. The van der Waals surface area contributed by atoms with Gasteiger partial charge in [-0.25, -0.2) is 9.78 Å². The van der Waals surface area contributed by atoms with Crippen LogP contribution in [0, 0.1) is 0 Å². The fraction of sp³-hybridized carbons (Fsp3) is 0.0833. The quantitative estimate of drug-likeness (QED) is 0.872. The third-order valence-corrected chi connectivity index (χ3v) is 3.31. The third-order valence-electron chi connectivity index (χ3n) is 2.37. The first-order valence-corrected chi connectivity index (χ1v) is 6.54. The maximum absolute atomic E-state index is 10.9. The largest absolute Gasteiger partial charge is 0.478 e. The molecule has 2 N–H and O–H groups in total. The predicted molar refractivity (Wildman–Crippen MR) is 78.0 cm³/mol. The molecule has 0 saturated carbocycles. The van der Waals surface area contributed by atoms with Crippen LogP contribution >= 0.6 is 27.5 Å². The molecule has 0 saturated heterocycles. The molecule has 8 heteroatoms. The Kier molecular flexibility index (Phi) is 4.41. The molecular formula is C12H9BrClN3O3. The van der Waals surface area contributed by atoms with Gasteiger partial charge in [-0.05, 0) is 34.1 Å². The van der Waals surface area contributed by atoms with E-state index in [9.17, 15) is 4.79 Å². The van der Waals surface area contributed by atoms with Gasteiger partial charge in [-0.15, -0.1) is 0 Å². The van der Waals surface area contributed by atoms with Crippen molar-refractivity contribution in [2.45, 2.75) is 0 Å². The van der Waals surface area contributed by atoms with Crippen LogP contribution in [-0.4, -0.2) is 28.2 Å². The monoisotopic (exact) mass is 357 g/mol. The van der Waals surface area contributed by atoms with Crippen LogP contribution in [0.5, 0.6) is 6.01 Å². The maximum atomic E-state index is 10.9. The highest BCUT2D eigenvalue weighted by Crippen LogP contribution is 2.29. The number of methoxy groups -OCH3 is 1. The van der Waals surface area contributed by atoms with Crippen molar-refractivity contribution >= 4 is 45.0 Å². The number of carbonyl (C=O) groups is 1. The molecule has 0 unspecified atom stereocenters. The van der Waals surface area contributed by atoms with Crippen LogP contribution in [0.15, 0.2) is 28.9 Å². The Hall–Kier alpha value is -1.86. The Bertz CT molecular complexity index is 666. The number of rotatable bonds is 4. The number of nitrogens with zero attached hydrogens (tertiary/aromatic N) is 2. The second-order valence-electron chi connectivity index (χ2n) is 3.68. The smallest absolute Gasteiger partial charge is 0.335 e. The summed E-state index contributed by atoms with van der Waals surface area (Å²) in [5, 5.41) is 12.2. The molecule has 0 radical (unpaired) electrons. The van der Waals surface area contributed by atoms with E-state index in [1.165, 1.54) is 25.4 Å². The van der Waals surface area contributed by atoms with Gasteiger partial charge in [0.05, 0.1) is 24.6 Å². The average molecular weight is 359 g/mol. The standard InChI is InChI=1S/C12H9BrClN3O3/c1-20-12-15-5-8(14)10(17-12)16-9-3-2-6(11(18)19)4-7(9)13/h2-5H,1H3,(H,18,19)(H,15,16,17). The number of carboxylic acids is 1. The van der Waals surface area contributed by atoms with Crippen LogP contribution < -0.4 is 10.1 Å². The van der Waals surface area contributed by atoms with Crippen molar-refractivity contribution in [3.05, 3.63) is 39.5 Å². The molecule has 1 aromatic carbocycles. The number of aromatic carboxylic acids is 1. The summed E-state index contributed by atoms with van der Waals surface area (Å²) in [5.74, 6) is -0.638. The summed E-state index contributed by atoms with van der Waals surface area (Å²) in [6, 6.07) is 4.74. The van der Waals surface area contributed by atoms with Crippen molar-refractivity contribution in [3.63, 3.8) is 0 Å². The number of nitrogens with one attached hydrogen (secondary N) is 1. The second-order valence-corrected chi connectivity index (χ2v) is 4.94. The lowest BCUT2D eigenvalue weighted by Crippen LogP contribution is -2.01. The molecule has 2 rings (SSSR count). The van der Waals surface area contributed by atoms with E-state index in [0.29, 0.717) is 21.0 Å². The maximum Gasteiger partial charge on any atom is 0.335 e. The number of hydrogen-bond acceptors (Lipinski definition) is 5. The number of hydrogen-bond donors (Lipinski definition) is 2. The van der Waals surface area contributed by atoms with E-state index in [2.05, 4.69) is 31.2 Å². The van der Waals surface area contributed by atoms with Crippen molar-refractivity contribution in [1.82, 2.24) is 9.97 Å². The van der Waals surface area contributed by atoms with Crippen LogP contribution in [0.2, 0.25) is 5.02 Å². The number of ether oxygens (including phenoxy) is 1. The molecule has 0 spiro atoms. The molecular weight excluding hydrogens is 350 g/mol. The Morgan fingerprint density at radius 3 is 2.85 bits per heavy atom. The van der Waals surface area contributed by atoms with E-state index < -0.39 is 5.97 Å². The van der Waals surface area contributed by atoms with Crippen molar-refractivity contribution in [2.75, 3.05) is 12.4 Å². The summed E-state index contributed by atoms with van der Waals surface area (Å²) in [5.41, 5.74) is 0.798. The van der Waals surface area contributed by atoms with Gasteiger partial charge in [-0.1, -0.05) is 11.6 Å². The van der Waals surface area contributed by atoms with E-state index in [1.807, 2.05) is 0 Å². The average Bonchev–Trinajstić information content (AvgIpc) is 2.43. The zero-order valence-electron chi connectivity index (χ0n) is 10.2. The minimum absolute atomic E-state index is 0.175. The lowest BCUT2D eigenvalue weighted by atomic mass is 10.2. The molecule has 0 amide bonds. The minimum Gasteiger partial charge on any atom is -0.478 e. The lowest BCUT2D eigenvalue weighted by Gasteiger charge is -2.10. The van der Waals surface area contributed by atoms with E-state index in [-0.39, 0.29) is 11.6 Å². The minimum atomic E-state index is -1.00. The third kappa shape index (κ3) is 3.17. The molecule has 0 aliphatic rings. The number of carboxylic acid groups (broad SMARTS) is 1. The lowest BCUT2D eigenvalue weighted by molar-refractivity contribution is 0.0697. The summed E-state index contributed by atoms with van der Waals surface area (Å²) < 4.78 is 5.49.